The average Bonchev–Trinajstić information content (AvgIpc) is 2.54. The lowest BCUT2D eigenvalue weighted by Crippen LogP contribution is -2.29. The van der Waals surface area contributed by atoms with E-state index in [1.165, 1.54) is 6.07 Å². The topological polar surface area (TPSA) is 59.3 Å². The highest BCUT2D eigenvalue weighted by Gasteiger charge is 2.33. The molecule has 1 fully saturated rings. The van der Waals surface area contributed by atoms with E-state index in [-0.39, 0.29) is 22.9 Å². The standard InChI is InChI=1S/C19H23ClFNO3/c1-18(2,3)25-17(23)13-9-14(20)16(10-15(13)21)24-12-19(11-22)7-5-4-6-8-19/h9-10H,4-8,12H2,1-3H3. The molecule has 0 aliphatic heterocycles. The summed E-state index contributed by atoms with van der Waals surface area (Å²) < 4.78 is 25.1. The van der Waals surface area contributed by atoms with Gasteiger partial charge < -0.3 is 9.47 Å². The van der Waals surface area contributed by atoms with Gasteiger partial charge in [-0.3, -0.25) is 0 Å². The van der Waals surface area contributed by atoms with Gasteiger partial charge in [-0.15, -0.1) is 0 Å². The van der Waals surface area contributed by atoms with E-state index in [0.717, 1.165) is 38.2 Å². The van der Waals surface area contributed by atoms with Crippen molar-refractivity contribution in [2.45, 2.75) is 58.5 Å². The molecule has 0 spiro atoms. The number of nitriles is 1. The van der Waals surface area contributed by atoms with E-state index in [4.69, 9.17) is 21.1 Å². The fourth-order valence-electron chi connectivity index (χ4n) is 2.86. The third-order valence-corrected chi connectivity index (χ3v) is 4.49. The smallest absolute Gasteiger partial charge is 0.341 e. The molecule has 1 aromatic rings. The van der Waals surface area contributed by atoms with E-state index < -0.39 is 22.8 Å². The van der Waals surface area contributed by atoms with Gasteiger partial charge in [-0.05, 0) is 39.7 Å². The van der Waals surface area contributed by atoms with Crippen LogP contribution in [0.5, 0.6) is 5.75 Å². The molecule has 0 heterocycles. The van der Waals surface area contributed by atoms with Crippen molar-refractivity contribution in [3.05, 3.63) is 28.5 Å². The molecule has 136 valence electrons. The Labute approximate surface area is 152 Å². The van der Waals surface area contributed by atoms with Crippen LogP contribution in [0.4, 0.5) is 4.39 Å². The van der Waals surface area contributed by atoms with Crippen LogP contribution in [0.15, 0.2) is 12.1 Å². The van der Waals surface area contributed by atoms with Crippen molar-refractivity contribution in [3.63, 3.8) is 0 Å². The first kappa shape index (κ1) is 19.5. The van der Waals surface area contributed by atoms with Crippen LogP contribution in [-0.2, 0) is 4.74 Å². The van der Waals surface area contributed by atoms with E-state index >= 15 is 0 Å². The maximum absolute atomic E-state index is 14.3. The molecule has 1 aliphatic carbocycles. The number of benzene rings is 1. The van der Waals surface area contributed by atoms with E-state index in [2.05, 4.69) is 6.07 Å². The van der Waals surface area contributed by atoms with Crippen molar-refractivity contribution in [1.29, 1.82) is 5.26 Å². The second-order valence-electron chi connectivity index (χ2n) is 7.51. The number of hydrogen-bond donors (Lipinski definition) is 0. The predicted molar refractivity (Wildman–Crippen MR) is 93.2 cm³/mol. The Morgan fingerprint density at radius 1 is 1.32 bits per heavy atom. The van der Waals surface area contributed by atoms with Gasteiger partial charge in [0.2, 0.25) is 0 Å². The molecule has 2 rings (SSSR count). The molecule has 0 saturated heterocycles. The van der Waals surface area contributed by atoms with Crippen LogP contribution in [0, 0.1) is 22.6 Å². The molecule has 0 atom stereocenters. The second-order valence-corrected chi connectivity index (χ2v) is 7.91. The Kier molecular flexibility index (Phi) is 5.95. The quantitative estimate of drug-likeness (QED) is 0.678. The molecule has 1 aromatic carbocycles. The summed E-state index contributed by atoms with van der Waals surface area (Å²) in [6.45, 7) is 5.27. The van der Waals surface area contributed by atoms with Gasteiger partial charge in [0, 0.05) is 6.07 Å². The predicted octanol–water partition coefficient (Wildman–Crippen LogP) is 5.29. The molecular formula is C19H23ClFNO3. The van der Waals surface area contributed by atoms with E-state index in [1.54, 1.807) is 20.8 Å². The normalized spacial score (nSPS) is 16.8. The largest absolute Gasteiger partial charge is 0.490 e. The molecule has 1 saturated carbocycles. The minimum atomic E-state index is -0.778. The van der Waals surface area contributed by atoms with Crippen LogP contribution < -0.4 is 4.74 Å². The molecule has 0 amide bonds. The number of esters is 1. The molecule has 0 unspecified atom stereocenters. The molecule has 6 heteroatoms. The highest BCUT2D eigenvalue weighted by molar-refractivity contribution is 6.32. The summed E-state index contributed by atoms with van der Waals surface area (Å²) in [7, 11) is 0. The van der Waals surface area contributed by atoms with Crippen LogP contribution in [-0.4, -0.2) is 18.2 Å². The summed E-state index contributed by atoms with van der Waals surface area (Å²) in [5.41, 5.74) is -1.52. The van der Waals surface area contributed by atoms with Crippen LogP contribution >= 0.6 is 11.6 Å². The Morgan fingerprint density at radius 3 is 2.52 bits per heavy atom. The maximum Gasteiger partial charge on any atom is 0.341 e. The number of carbonyl (C=O) groups is 1. The van der Waals surface area contributed by atoms with Crippen molar-refractivity contribution < 1.29 is 18.7 Å². The summed E-state index contributed by atoms with van der Waals surface area (Å²) >= 11 is 6.14. The number of hydrogen-bond acceptors (Lipinski definition) is 4. The molecule has 0 aromatic heterocycles. The highest BCUT2D eigenvalue weighted by atomic mass is 35.5. The molecule has 0 bridgehead atoms. The molecule has 0 N–H and O–H groups in total. The molecule has 0 radical (unpaired) electrons. The molecule has 4 nitrogen and oxygen atoms in total. The van der Waals surface area contributed by atoms with Crippen molar-refractivity contribution >= 4 is 17.6 Å². The lowest BCUT2D eigenvalue weighted by Gasteiger charge is -2.30. The van der Waals surface area contributed by atoms with Gasteiger partial charge in [0.05, 0.1) is 22.1 Å². The zero-order valence-corrected chi connectivity index (χ0v) is 15.6. The number of carbonyl (C=O) groups excluding carboxylic acids is 1. The van der Waals surface area contributed by atoms with Gasteiger partial charge in [-0.1, -0.05) is 30.9 Å². The third kappa shape index (κ3) is 5.09. The average molecular weight is 368 g/mol. The monoisotopic (exact) mass is 367 g/mol. The lowest BCUT2D eigenvalue weighted by molar-refractivity contribution is 0.00646. The number of halogens is 2. The number of ether oxygens (including phenoxy) is 2. The fourth-order valence-corrected chi connectivity index (χ4v) is 3.08. The van der Waals surface area contributed by atoms with Crippen LogP contribution in [0.1, 0.15) is 63.2 Å². The molecule has 25 heavy (non-hydrogen) atoms. The van der Waals surface area contributed by atoms with E-state index in [1.807, 2.05) is 0 Å². The Morgan fingerprint density at radius 2 is 1.96 bits per heavy atom. The zero-order chi connectivity index (χ0) is 18.7. The summed E-state index contributed by atoms with van der Waals surface area (Å²) in [6, 6.07) is 4.63. The molecule has 1 aliphatic rings. The van der Waals surface area contributed by atoms with E-state index in [0.29, 0.717) is 0 Å². The van der Waals surface area contributed by atoms with Gasteiger partial charge in [0.1, 0.15) is 23.8 Å². The minimum absolute atomic E-state index is 0.117. The van der Waals surface area contributed by atoms with Gasteiger partial charge in [0.15, 0.2) is 0 Å². The van der Waals surface area contributed by atoms with Gasteiger partial charge in [-0.2, -0.15) is 5.26 Å². The van der Waals surface area contributed by atoms with Crippen LogP contribution in [0.2, 0.25) is 5.02 Å². The van der Waals surface area contributed by atoms with Crippen molar-refractivity contribution in [1.82, 2.24) is 0 Å². The second kappa shape index (κ2) is 7.61. The Balaban J connectivity index is 2.14. The van der Waals surface area contributed by atoms with Crippen LogP contribution in [0.25, 0.3) is 0 Å². The Hall–Kier alpha value is -1.80. The van der Waals surface area contributed by atoms with Gasteiger partial charge in [-0.25, -0.2) is 9.18 Å². The van der Waals surface area contributed by atoms with Crippen LogP contribution in [0.3, 0.4) is 0 Å². The minimum Gasteiger partial charge on any atom is -0.490 e. The Bertz CT molecular complexity index is 685. The SMILES string of the molecule is CC(C)(C)OC(=O)c1cc(Cl)c(OCC2(C#N)CCCCC2)cc1F. The summed E-state index contributed by atoms with van der Waals surface area (Å²) in [5, 5.41) is 9.59. The van der Waals surface area contributed by atoms with E-state index in [9.17, 15) is 14.4 Å². The first-order valence-electron chi connectivity index (χ1n) is 8.42. The van der Waals surface area contributed by atoms with Crippen molar-refractivity contribution in [3.8, 4) is 11.8 Å². The number of rotatable bonds is 4. The fraction of sp³-hybridized carbons (Fsp3) is 0.579. The summed E-state index contributed by atoms with van der Waals surface area (Å²) in [4.78, 5) is 12.0. The summed E-state index contributed by atoms with van der Waals surface area (Å²) in [6.07, 6.45) is 4.61. The highest BCUT2D eigenvalue weighted by Crippen LogP contribution is 2.37. The van der Waals surface area contributed by atoms with Gasteiger partial charge >= 0.3 is 5.97 Å². The first-order valence-corrected chi connectivity index (χ1v) is 8.80. The number of nitrogens with zero attached hydrogens (tertiary/aromatic N) is 1. The third-order valence-electron chi connectivity index (χ3n) is 4.19. The van der Waals surface area contributed by atoms with Crippen molar-refractivity contribution in [2.24, 2.45) is 5.41 Å². The van der Waals surface area contributed by atoms with Gasteiger partial charge in [0.25, 0.3) is 0 Å². The lowest BCUT2D eigenvalue weighted by atomic mass is 9.76. The maximum atomic E-state index is 14.3. The first-order chi connectivity index (χ1) is 11.7. The summed E-state index contributed by atoms with van der Waals surface area (Å²) in [5.74, 6) is -1.41. The molecular weight excluding hydrogens is 345 g/mol. The zero-order valence-electron chi connectivity index (χ0n) is 14.8. The van der Waals surface area contributed by atoms with Crippen molar-refractivity contribution in [2.75, 3.05) is 6.61 Å².